The summed E-state index contributed by atoms with van der Waals surface area (Å²) in [5.74, 6) is 0. The van der Waals surface area contributed by atoms with Gasteiger partial charge in [-0.05, 0) is 77.9 Å². The number of fused-ring (bicyclic) bond motifs is 7. The van der Waals surface area contributed by atoms with E-state index in [1.807, 2.05) is 42.5 Å². The maximum atomic E-state index is 9.37. The van der Waals surface area contributed by atoms with E-state index in [1.54, 1.807) is 0 Å². The molecule has 10 aromatic rings. The summed E-state index contributed by atoms with van der Waals surface area (Å²) in [6, 6.07) is 66.0. The number of benzene rings is 7. The molecule has 7 aromatic carbocycles. The first-order valence-electron chi connectivity index (χ1n) is 17.4. The molecule has 0 N–H and O–H groups in total. The van der Waals surface area contributed by atoms with Crippen molar-refractivity contribution in [2.24, 2.45) is 0 Å². The van der Waals surface area contributed by atoms with Gasteiger partial charge in [0.2, 0.25) is 0 Å². The van der Waals surface area contributed by atoms with Gasteiger partial charge in [-0.15, -0.1) is 0 Å². The Bertz CT molecular complexity index is 2980. The molecule has 4 heteroatoms. The molecule has 0 spiro atoms. The predicted octanol–water partition coefficient (Wildman–Crippen LogP) is 12.1. The highest BCUT2D eigenvalue weighted by Gasteiger charge is 2.20. The van der Waals surface area contributed by atoms with Gasteiger partial charge in [0.05, 0.1) is 45.1 Å². The van der Waals surface area contributed by atoms with Crippen molar-refractivity contribution in [2.75, 3.05) is 0 Å². The molecular weight excluding hydrogens is 633 g/mol. The second-order valence-corrected chi connectivity index (χ2v) is 13.1. The van der Waals surface area contributed by atoms with Crippen LogP contribution in [0.25, 0.3) is 88.6 Å². The van der Waals surface area contributed by atoms with E-state index < -0.39 is 0 Å². The van der Waals surface area contributed by atoms with E-state index in [0.29, 0.717) is 5.56 Å². The molecule has 0 saturated heterocycles. The van der Waals surface area contributed by atoms with Crippen LogP contribution >= 0.6 is 0 Å². The minimum absolute atomic E-state index is 0.630. The summed E-state index contributed by atoms with van der Waals surface area (Å²) in [6.07, 6.45) is 0. The maximum Gasteiger partial charge on any atom is 0.0991 e. The van der Waals surface area contributed by atoms with E-state index in [-0.39, 0.29) is 0 Å². The third-order valence-corrected chi connectivity index (χ3v) is 10.1. The lowest BCUT2D eigenvalue weighted by atomic mass is 9.99. The molecule has 4 nitrogen and oxygen atoms in total. The van der Waals surface area contributed by atoms with Crippen molar-refractivity contribution >= 4 is 43.6 Å². The van der Waals surface area contributed by atoms with E-state index in [2.05, 4.69) is 155 Å². The van der Waals surface area contributed by atoms with E-state index in [9.17, 15) is 5.26 Å². The van der Waals surface area contributed by atoms with Crippen molar-refractivity contribution in [1.29, 1.82) is 5.26 Å². The Hall–Kier alpha value is -7.22. The summed E-state index contributed by atoms with van der Waals surface area (Å²) in [5.41, 5.74) is 13.6. The number of aromatic nitrogens is 3. The Balaban J connectivity index is 1.18. The van der Waals surface area contributed by atoms with Crippen LogP contribution in [0.5, 0.6) is 0 Å². The number of rotatable bonds is 5. The largest absolute Gasteiger partial charge is 0.309 e. The van der Waals surface area contributed by atoms with Crippen LogP contribution in [-0.2, 0) is 0 Å². The molecule has 3 aromatic heterocycles. The lowest BCUT2D eigenvalue weighted by molar-refractivity contribution is 1.17. The first-order valence-corrected chi connectivity index (χ1v) is 17.4. The molecular formula is C48H30N4. The summed E-state index contributed by atoms with van der Waals surface area (Å²) in [5, 5.41) is 14.3. The number of nitriles is 1. The van der Waals surface area contributed by atoms with Crippen molar-refractivity contribution in [2.45, 2.75) is 0 Å². The minimum atomic E-state index is 0.630. The Morgan fingerprint density at radius 3 is 1.65 bits per heavy atom. The molecule has 0 aliphatic heterocycles. The molecule has 0 saturated carbocycles. The summed E-state index contributed by atoms with van der Waals surface area (Å²) in [6.45, 7) is 0. The molecule has 3 heterocycles. The van der Waals surface area contributed by atoms with Gasteiger partial charge in [-0.2, -0.15) is 5.26 Å². The second-order valence-electron chi connectivity index (χ2n) is 13.1. The molecule has 0 aliphatic carbocycles. The van der Waals surface area contributed by atoms with Crippen molar-refractivity contribution in [3.8, 4) is 51.1 Å². The average Bonchev–Trinajstić information content (AvgIpc) is 3.74. The van der Waals surface area contributed by atoms with Crippen molar-refractivity contribution in [3.63, 3.8) is 0 Å². The van der Waals surface area contributed by atoms with Gasteiger partial charge in [0.25, 0.3) is 0 Å². The molecule has 0 aliphatic rings. The first-order chi connectivity index (χ1) is 25.7. The molecule has 0 fully saturated rings. The van der Waals surface area contributed by atoms with E-state index >= 15 is 0 Å². The van der Waals surface area contributed by atoms with Gasteiger partial charge in [-0.1, -0.05) is 115 Å². The van der Waals surface area contributed by atoms with Crippen LogP contribution in [0.1, 0.15) is 5.56 Å². The highest BCUT2D eigenvalue weighted by atomic mass is 15.0. The molecule has 0 amide bonds. The zero-order chi connectivity index (χ0) is 34.6. The molecule has 242 valence electrons. The fourth-order valence-electron chi connectivity index (χ4n) is 7.75. The SMILES string of the molecule is N#Cc1ccc(-c2cc(-c3ccc(-n4c5ccccc5c5ccc6c(c7ccccc7n6-c6ccccc6)c54)cc3)cc(-c3ccccc3)n2)cc1. The molecule has 10 rings (SSSR count). The van der Waals surface area contributed by atoms with Gasteiger partial charge in [-0.3, -0.25) is 0 Å². The number of pyridine rings is 1. The third kappa shape index (κ3) is 4.72. The standard InChI is InChI=1S/C48H30N4/c49-31-32-19-21-35(22-20-32)43-30-36(29-42(50-43)34-11-3-1-4-12-34)33-23-25-38(26-24-33)52-44-17-9-7-15-39(44)40-27-28-46-47(48(40)52)41-16-8-10-18-45(41)51(46)37-13-5-2-6-14-37/h1-30H. The Morgan fingerprint density at radius 2 is 0.962 bits per heavy atom. The molecule has 0 unspecified atom stereocenters. The molecule has 0 bridgehead atoms. The van der Waals surface area contributed by atoms with Gasteiger partial charge < -0.3 is 9.13 Å². The lowest BCUT2D eigenvalue weighted by Crippen LogP contribution is -1.96. The van der Waals surface area contributed by atoms with Crippen LogP contribution in [0, 0.1) is 11.3 Å². The van der Waals surface area contributed by atoms with Crippen LogP contribution in [0.4, 0.5) is 0 Å². The van der Waals surface area contributed by atoms with Gasteiger partial charge >= 0.3 is 0 Å². The van der Waals surface area contributed by atoms with E-state index in [0.717, 1.165) is 45.0 Å². The normalized spacial score (nSPS) is 11.4. The fraction of sp³-hybridized carbons (Fsp3) is 0. The third-order valence-electron chi connectivity index (χ3n) is 10.1. The monoisotopic (exact) mass is 662 g/mol. The summed E-state index contributed by atoms with van der Waals surface area (Å²) < 4.78 is 4.82. The smallest absolute Gasteiger partial charge is 0.0991 e. The Kier molecular flexibility index (Phi) is 6.84. The van der Waals surface area contributed by atoms with Crippen LogP contribution in [0.2, 0.25) is 0 Å². The van der Waals surface area contributed by atoms with Crippen LogP contribution in [-0.4, -0.2) is 14.1 Å². The highest BCUT2D eigenvalue weighted by Crippen LogP contribution is 2.42. The average molecular weight is 663 g/mol. The van der Waals surface area contributed by atoms with Crippen molar-refractivity contribution < 1.29 is 0 Å². The summed E-state index contributed by atoms with van der Waals surface area (Å²) in [7, 11) is 0. The van der Waals surface area contributed by atoms with Gasteiger partial charge in [0.15, 0.2) is 0 Å². The zero-order valence-corrected chi connectivity index (χ0v) is 28.1. The van der Waals surface area contributed by atoms with E-state index in [4.69, 9.17) is 4.98 Å². The quantitative estimate of drug-likeness (QED) is 0.184. The summed E-state index contributed by atoms with van der Waals surface area (Å²) in [4.78, 5) is 5.07. The Labute approximate surface area is 300 Å². The minimum Gasteiger partial charge on any atom is -0.309 e. The van der Waals surface area contributed by atoms with Crippen molar-refractivity contribution in [3.05, 3.63) is 188 Å². The summed E-state index contributed by atoms with van der Waals surface area (Å²) >= 11 is 0. The zero-order valence-electron chi connectivity index (χ0n) is 28.1. The number of nitrogens with zero attached hydrogens (tertiary/aromatic N) is 4. The first kappa shape index (κ1) is 29.7. The number of para-hydroxylation sites is 3. The molecule has 52 heavy (non-hydrogen) atoms. The number of hydrogen-bond acceptors (Lipinski definition) is 2. The number of hydrogen-bond donors (Lipinski definition) is 0. The van der Waals surface area contributed by atoms with Crippen LogP contribution in [0.3, 0.4) is 0 Å². The molecule has 0 atom stereocenters. The topological polar surface area (TPSA) is 46.5 Å². The highest BCUT2D eigenvalue weighted by molar-refractivity contribution is 6.26. The molecule has 0 radical (unpaired) electrons. The lowest BCUT2D eigenvalue weighted by Gasteiger charge is -2.13. The fourth-order valence-corrected chi connectivity index (χ4v) is 7.75. The van der Waals surface area contributed by atoms with Crippen LogP contribution in [0.15, 0.2) is 182 Å². The van der Waals surface area contributed by atoms with Gasteiger partial charge in [0, 0.05) is 44.0 Å². The Morgan fingerprint density at radius 1 is 0.404 bits per heavy atom. The van der Waals surface area contributed by atoms with Gasteiger partial charge in [-0.25, -0.2) is 4.98 Å². The second kappa shape index (κ2) is 12.0. The van der Waals surface area contributed by atoms with Crippen molar-refractivity contribution in [1.82, 2.24) is 14.1 Å². The van der Waals surface area contributed by atoms with Crippen LogP contribution < -0.4 is 0 Å². The van der Waals surface area contributed by atoms with E-state index in [1.165, 1.54) is 43.6 Å². The predicted molar refractivity (Wildman–Crippen MR) is 214 cm³/mol. The maximum absolute atomic E-state index is 9.37. The van der Waals surface area contributed by atoms with Gasteiger partial charge in [0.1, 0.15) is 0 Å².